The number of halogens is 1. The van der Waals surface area contributed by atoms with Crippen molar-refractivity contribution in [1.82, 2.24) is 14.1 Å². The van der Waals surface area contributed by atoms with Gasteiger partial charge < -0.3 is 9.80 Å². The number of carbonyl (C=O) groups is 1. The molecule has 7 nitrogen and oxygen atoms in total. The predicted molar refractivity (Wildman–Crippen MR) is 115 cm³/mol. The third-order valence-electron chi connectivity index (χ3n) is 5.18. The summed E-state index contributed by atoms with van der Waals surface area (Å²) >= 11 is 0. The molecule has 1 aliphatic heterocycles. The van der Waals surface area contributed by atoms with Crippen LogP contribution in [-0.4, -0.2) is 75.8 Å². The van der Waals surface area contributed by atoms with Gasteiger partial charge in [-0.15, -0.1) is 0 Å². The molecule has 2 aromatic carbocycles. The van der Waals surface area contributed by atoms with E-state index in [1.807, 2.05) is 11.9 Å². The molecule has 162 valence electrons. The summed E-state index contributed by atoms with van der Waals surface area (Å²) in [5.74, 6) is -0.661. The van der Waals surface area contributed by atoms with E-state index in [0.717, 1.165) is 21.7 Å². The Hall–Kier alpha value is -2.49. The van der Waals surface area contributed by atoms with Crippen LogP contribution in [0.15, 0.2) is 48.5 Å². The van der Waals surface area contributed by atoms with Crippen LogP contribution in [0.1, 0.15) is 15.9 Å². The second-order valence-corrected chi connectivity index (χ2v) is 9.61. The average Bonchev–Trinajstić information content (AvgIpc) is 2.73. The molecule has 0 spiro atoms. The lowest BCUT2D eigenvalue weighted by Crippen LogP contribution is -2.47. The van der Waals surface area contributed by atoms with Crippen LogP contribution in [0.4, 0.5) is 10.1 Å². The summed E-state index contributed by atoms with van der Waals surface area (Å²) in [4.78, 5) is 16.7. The van der Waals surface area contributed by atoms with Crippen molar-refractivity contribution in [1.29, 1.82) is 0 Å². The van der Waals surface area contributed by atoms with Crippen molar-refractivity contribution in [3.63, 3.8) is 0 Å². The molecule has 1 heterocycles. The van der Waals surface area contributed by atoms with Crippen molar-refractivity contribution in [2.75, 3.05) is 51.6 Å². The van der Waals surface area contributed by atoms with Gasteiger partial charge >= 0.3 is 10.2 Å². The van der Waals surface area contributed by atoms with E-state index < -0.39 is 16.0 Å². The summed E-state index contributed by atoms with van der Waals surface area (Å²) in [7, 11) is 0.920. The number of anilines is 1. The van der Waals surface area contributed by atoms with E-state index in [-0.39, 0.29) is 18.1 Å². The first-order chi connectivity index (χ1) is 14.2. The van der Waals surface area contributed by atoms with Gasteiger partial charge in [-0.25, -0.2) is 4.39 Å². The third-order valence-corrected chi connectivity index (χ3v) is 6.98. The fourth-order valence-electron chi connectivity index (χ4n) is 3.25. The molecule has 0 unspecified atom stereocenters. The fraction of sp³-hybridized carbons (Fsp3) is 0.381. The zero-order valence-corrected chi connectivity index (χ0v) is 18.3. The molecule has 9 heteroatoms. The Labute approximate surface area is 177 Å². The minimum absolute atomic E-state index is 0.0243. The minimum atomic E-state index is -3.91. The summed E-state index contributed by atoms with van der Waals surface area (Å²) in [5.41, 5.74) is 1.18. The second-order valence-electron chi connectivity index (χ2n) is 7.54. The van der Waals surface area contributed by atoms with Gasteiger partial charge in [0.05, 0.1) is 12.2 Å². The van der Waals surface area contributed by atoms with E-state index in [4.69, 9.17) is 0 Å². The normalized spacial score (nSPS) is 15.4. The van der Waals surface area contributed by atoms with Gasteiger partial charge in [0.25, 0.3) is 5.91 Å². The number of rotatable bonds is 6. The highest BCUT2D eigenvalue weighted by Crippen LogP contribution is 2.25. The number of amides is 1. The first-order valence-electron chi connectivity index (χ1n) is 9.71. The molecule has 0 N–H and O–H groups in total. The Morgan fingerprint density at radius 1 is 1.00 bits per heavy atom. The fourth-order valence-corrected chi connectivity index (χ4v) is 4.36. The highest BCUT2D eigenvalue weighted by Gasteiger charge is 2.27. The Morgan fingerprint density at radius 3 is 2.17 bits per heavy atom. The molecule has 3 rings (SSSR count). The van der Waals surface area contributed by atoms with Crippen molar-refractivity contribution in [3.8, 4) is 0 Å². The maximum atomic E-state index is 14.4. The molecular formula is C21H27FN4O3S. The summed E-state index contributed by atoms with van der Waals surface area (Å²) in [5, 5.41) is 0. The molecule has 0 bridgehead atoms. The summed E-state index contributed by atoms with van der Waals surface area (Å²) in [6.07, 6.45) is 0. The predicted octanol–water partition coefficient (Wildman–Crippen LogP) is 2.03. The van der Waals surface area contributed by atoms with Gasteiger partial charge in [-0.2, -0.15) is 12.7 Å². The van der Waals surface area contributed by atoms with E-state index in [2.05, 4.69) is 4.90 Å². The van der Waals surface area contributed by atoms with Gasteiger partial charge in [0.1, 0.15) is 5.82 Å². The lowest BCUT2D eigenvalue weighted by Gasteiger charge is -2.32. The molecule has 0 atom stereocenters. The van der Waals surface area contributed by atoms with Crippen molar-refractivity contribution >= 4 is 21.8 Å². The lowest BCUT2D eigenvalue weighted by atomic mass is 10.1. The van der Waals surface area contributed by atoms with Gasteiger partial charge in [0.2, 0.25) is 0 Å². The van der Waals surface area contributed by atoms with Crippen molar-refractivity contribution in [2.45, 2.75) is 6.54 Å². The van der Waals surface area contributed by atoms with E-state index in [9.17, 15) is 17.6 Å². The largest absolute Gasteiger partial charge is 0.336 e. The highest BCUT2D eigenvalue weighted by molar-refractivity contribution is 7.90. The number of hydrogen-bond donors (Lipinski definition) is 0. The topological polar surface area (TPSA) is 64.2 Å². The first-order valence-corrected chi connectivity index (χ1v) is 11.1. The Kier molecular flexibility index (Phi) is 6.74. The van der Waals surface area contributed by atoms with Crippen LogP contribution in [0.2, 0.25) is 0 Å². The molecule has 2 aromatic rings. The average molecular weight is 435 g/mol. The smallest absolute Gasteiger partial charge is 0.303 e. The molecule has 1 amide bonds. The Balaban J connectivity index is 1.82. The minimum Gasteiger partial charge on any atom is -0.336 e. The Morgan fingerprint density at radius 2 is 1.60 bits per heavy atom. The SMILES string of the molecule is CN1CCN(C(=O)c2ccc(CN(c3ccccc3F)S(=O)(=O)N(C)C)cc2)CC1. The number of nitrogens with zero attached hydrogens (tertiary/aromatic N) is 4. The number of hydrogen-bond acceptors (Lipinski definition) is 4. The number of para-hydroxylation sites is 1. The van der Waals surface area contributed by atoms with E-state index in [1.165, 1.54) is 32.3 Å². The van der Waals surface area contributed by atoms with Crippen LogP contribution in [-0.2, 0) is 16.8 Å². The molecular weight excluding hydrogens is 407 g/mol. The van der Waals surface area contributed by atoms with E-state index >= 15 is 0 Å². The zero-order valence-electron chi connectivity index (χ0n) is 17.5. The maximum Gasteiger partial charge on any atom is 0.303 e. The summed E-state index contributed by atoms with van der Waals surface area (Å²) < 4.78 is 42.1. The summed E-state index contributed by atoms with van der Waals surface area (Å²) in [6.45, 7) is 2.98. The number of piperazine rings is 1. The molecule has 0 aliphatic carbocycles. The van der Waals surface area contributed by atoms with Gasteiger partial charge in [-0.1, -0.05) is 24.3 Å². The van der Waals surface area contributed by atoms with Gasteiger partial charge in [-0.05, 0) is 36.9 Å². The van der Waals surface area contributed by atoms with Crippen LogP contribution in [0.25, 0.3) is 0 Å². The molecule has 0 saturated carbocycles. The zero-order chi connectivity index (χ0) is 21.9. The molecule has 1 fully saturated rings. The maximum absolute atomic E-state index is 14.4. The van der Waals surface area contributed by atoms with Crippen molar-refractivity contribution in [2.24, 2.45) is 0 Å². The van der Waals surface area contributed by atoms with Gasteiger partial charge in [-0.3, -0.25) is 9.10 Å². The monoisotopic (exact) mass is 434 g/mol. The quantitative estimate of drug-likeness (QED) is 0.698. The van der Waals surface area contributed by atoms with Crippen LogP contribution in [0, 0.1) is 5.82 Å². The molecule has 1 saturated heterocycles. The standard InChI is InChI=1S/C21H27FN4O3S/c1-23(2)30(28,29)26(20-7-5-4-6-19(20)22)16-17-8-10-18(11-9-17)21(27)25-14-12-24(3)13-15-25/h4-11H,12-16H2,1-3H3. The first kappa shape index (κ1) is 22.2. The third kappa shape index (κ3) is 4.80. The second kappa shape index (κ2) is 9.11. The van der Waals surface area contributed by atoms with Crippen molar-refractivity contribution < 1.29 is 17.6 Å². The summed E-state index contributed by atoms with van der Waals surface area (Å²) in [6, 6.07) is 12.6. The van der Waals surface area contributed by atoms with Crippen molar-refractivity contribution in [3.05, 3.63) is 65.5 Å². The van der Waals surface area contributed by atoms with E-state index in [1.54, 1.807) is 30.3 Å². The van der Waals surface area contributed by atoms with Crippen LogP contribution >= 0.6 is 0 Å². The lowest BCUT2D eigenvalue weighted by molar-refractivity contribution is 0.0664. The molecule has 1 aliphatic rings. The van der Waals surface area contributed by atoms with Gasteiger partial charge in [0.15, 0.2) is 0 Å². The number of carbonyl (C=O) groups excluding carboxylic acids is 1. The molecule has 30 heavy (non-hydrogen) atoms. The Bertz CT molecular complexity index is 988. The molecule has 0 aromatic heterocycles. The molecule has 0 radical (unpaired) electrons. The van der Waals surface area contributed by atoms with E-state index in [0.29, 0.717) is 24.2 Å². The van der Waals surface area contributed by atoms with Crippen LogP contribution in [0.5, 0.6) is 0 Å². The van der Waals surface area contributed by atoms with Crippen LogP contribution < -0.4 is 4.31 Å². The van der Waals surface area contributed by atoms with Gasteiger partial charge in [0, 0.05) is 45.8 Å². The number of likely N-dealkylation sites (N-methyl/N-ethyl adjacent to an activating group) is 1. The highest BCUT2D eigenvalue weighted by atomic mass is 32.2. The number of benzene rings is 2. The van der Waals surface area contributed by atoms with Crippen LogP contribution in [0.3, 0.4) is 0 Å².